The number of urea groups is 1. The smallest absolute Gasteiger partial charge is 0.321 e. The molecule has 1 heterocycles. The van der Waals surface area contributed by atoms with Crippen LogP contribution in [0.25, 0.3) is 0 Å². The number of hydrogen-bond acceptors (Lipinski definition) is 4. The largest absolute Gasteiger partial charge is 0.341 e. The first kappa shape index (κ1) is 16.6. The molecule has 0 aliphatic carbocycles. The van der Waals surface area contributed by atoms with Gasteiger partial charge in [0, 0.05) is 6.21 Å². The molecule has 3 amide bonds. The predicted molar refractivity (Wildman–Crippen MR) is 80.4 cm³/mol. The average molecular weight is 292 g/mol. The second-order valence-electron chi connectivity index (χ2n) is 4.70. The first-order valence-corrected chi connectivity index (χ1v) is 6.36. The molecule has 1 aliphatic heterocycles. The number of rotatable bonds is 6. The maximum absolute atomic E-state index is 12.4. The minimum absolute atomic E-state index is 0.0443. The maximum Gasteiger partial charge on any atom is 0.321 e. The number of hydrogen-bond donors (Lipinski definition) is 2. The van der Waals surface area contributed by atoms with Crippen molar-refractivity contribution in [2.75, 3.05) is 13.5 Å². The van der Waals surface area contributed by atoms with Gasteiger partial charge in [-0.2, -0.15) is 0 Å². The summed E-state index contributed by atoms with van der Waals surface area (Å²) in [5.41, 5.74) is -1.10. The van der Waals surface area contributed by atoms with E-state index in [2.05, 4.69) is 28.8 Å². The second-order valence-corrected chi connectivity index (χ2v) is 4.70. The lowest BCUT2D eigenvalue weighted by atomic mass is 10.0. The topological polar surface area (TPSA) is 83.0 Å². The van der Waals surface area contributed by atoms with E-state index >= 15 is 0 Å². The fourth-order valence-corrected chi connectivity index (χ4v) is 1.57. The highest BCUT2D eigenvalue weighted by Crippen LogP contribution is 2.17. The van der Waals surface area contributed by atoms with Gasteiger partial charge >= 0.3 is 6.03 Å². The van der Waals surface area contributed by atoms with E-state index in [1.165, 1.54) is 23.3 Å². The molecule has 0 radical (unpaired) electrons. The molecule has 2 N–H and O–H groups in total. The van der Waals surface area contributed by atoms with Crippen molar-refractivity contribution in [1.82, 2.24) is 15.5 Å². The Balaban J connectivity index is 2.86. The Hall–Kier alpha value is -2.41. The first-order chi connectivity index (χ1) is 9.93. The zero-order chi connectivity index (χ0) is 15.9. The lowest BCUT2D eigenvalue weighted by molar-refractivity contribution is -0.134. The normalized spacial score (nSPS) is 16.6. The van der Waals surface area contributed by atoms with Crippen molar-refractivity contribution in [1.29, 1.82) is 0 Å². The maximum atomic E-state index is 12.4. The highest BCUT2D eigenvalue weighted by molar-refractivity contribution is 5.91. The van der Waals surface area contributed by atoms with Crippen molar-refractivity contribution in [2.24, 2.45) is 4.99 Å². The molecule has 1 saturated heterocycles. The molecule has 1 fully saturated rings. The Morgan fingerprint density at radius 2 is 2.19 bits per heavy atom. The molecule has 0 saturated carbocycles. The van der Waals surface area contributed by atoms with Crippen LogP contribution in [0.15, 0.2) is 42.2 Å². The Morgan fingerprint density at radius 3 is 2.76 bits per heavy atom. The van der Waals surface area contributed by atoms with Crippen LogP contribution in [0.5, 0.6) is 0 Å². The second kappa shape index (κ2) is 7.39. The van der Waals surface area contributed by atoms with Crippen LogP contribution in [-0.2, 0) is 9.53 Å². The van der Waals surface area contributed by atoms with Crippen LogP contribution in [0.3, 0.4) is 0 Å². The molecule has 7 heteroatoms. The van der Waals surface area contributed by atoms with Crippen molar-refractivity contribution >= 4 is 18.2 Å². The first-order valence-electron chi connectivity index (χ1n) is 6.36. The van der Waals surface area contributed by atoms with E-state index in [0.29, 0.717) is 5.82 Å². The van der Waals surface area contributed by atoms with Crippen LogP contribution in [0, 0.1) is 0 Å². The lowest BCUT2D eigenvalue weighted by Gasteiger charge is -2.39. The van der Waals surface area contributed by atoms with Crippen LogP contribution in [-0.4, -0.2) is 42.1 Å². The van der Waals surface area contributed by atoms with Gasteiger partial charge in [-0.25, -0.2) is 9.79 Å². The third-order valence-electron chi connectivity index (χ3n) is 2.86. The summed E-state index contributed by atoms with van der Waals surface area (Å²) in [7, 11) is 0. The molecule has 0 aromatic heterocycles. The molecule has 0 aromatic carbocycles. The van der Waals surface area contributed by atoms with Crippen LogP contribution in [0.1, 0.15) is 13.8 Å². The van der Waals surface area contributed by atoms with Gasteiger partial charge in [0.25, 0.3) is 5.91 Å². The number of amides is 3. The summed E-state index contributed by atoms with van der Waals surface area (Å²) in [4.78, 5) is 29.5. The van der Waals surface area contributed by atoms with Crippen molar-refractivity contribution in [2.45, 2.75) is 19.4 Å². The summed E-state index contributed by atoms with van der Waals surface area (Å²) in [6.07, 6.45) is 5.97. The van der Waals surface area contributed by atoms with Crippen molar-refractivity contribution in [3.8, 4) is 0 Å². The van der Waals surface area contributed by atoms with Gasteiger partial charge in [0.2, 0.25) is 0 Å². The van der Waals surface area contributed by atoms with Gasteiger partial charge < -0.3 is 15.4 Å². The molecule has 7 nitrogen and oxygen atoms in total. The third kappa shape index (κ3) is 4.28. The summed E-state index contributed by atoms with van der Waals surface area (Å²) >= 11 is 0. The van der Waals surface area contributed by atoms with E-state index < -0.39 is 11.4 Å². The zero-order valence-corrected chi connectivity index (χ0v) is 12.3. The molecule has 21 heavy (non-hydrogen) atoms. The van der Waals surface area contributed by atoms with Gasteiger partial charge in [-0.05, 0) is 19.9 Å². The van der Waals surface area contributed by atoms with Gasteiger partial charge in [-0.15, -0.1) is 0 Å². The van der Waals surface area contributed by atoms with E-state index in [1.807, 2.05) is 0 Å². The minimum Gasteiger partial charge on any atom is -0.341 e. The average Bonchev–Trinajstić information content (AvgIpc) is 2.45. The van der Waals surface area contributed by atoms with E-state index in [1.54, 1.807) is 19.9 Å². The van der Waals surface area contributed by atoms with Crippen molar-refractivity contribution < 1.29 is 14.3 Å². The van der Waals surface area contributed by atoms with Crippen molar-refractivity contribution in [3.63, 3.8) is 0 Å². The number of nitrogens with zero attached hydrogens (tertiary/aromatic N) is 2. The Kier molecular flexibility index (Phi) is 5.86. The van der Waals surface area contributed by atoms with E-state index in [4.69, 9.17) is 4.74 Å². The highest BCUT2D eigenvalue weighted by Gasteiger charge is 2.39. The minimum atomic E-state index is -1.10. The summed E-state index contributed by atoms with van der Waals surface area (Å²) in [5, 5.41) is 5.16. The number of nitrogens with one attached hydrogen (secondary N) is 2. The Bertz CT molecular complexity index is 494. The molecular formula is C14H20N4O3. The SMILES string of the molecule is C=C/C=N\C(=C/C=C)NC(=O)C(C)(C)N1COCNC1=O. The van der Waals surface area contributed by atoms with Gasteiger partial charge in [0.1, 0.15) is 24.8 Å². The fourth-order valence-electron chi connectivity index (χ4n) is 1.57. The highest BCUT2D eigenvalue weighted by atomic mass is 16.5. The van der Waals surface area contributed by atoms with Gasteiger partial charge in [0.15, 0.2) is 0 Å². The molecule has 1 rings (SSSR count). The predicted octanol–water partition coefficient (Wildman–Crippen LogP) is 1.12. The summed E-state index contributed by atoms with van der Waals surface area (Å²) in [6.45, 7) is 10.5. The van der Waals surface area contributed by atoms with E-state index in [0.717, 1.165) is 0 Å². The number of ether oxygens (including phenoxy) is 1. The lowest BCUT2D eigenvalue weighted by Crippen LogP contribution is -2.62. The summed E-state index contributed by atoms with van der Waals surface area (Å²) in [6, 6.07) is -0.356. The molecule has 1 aliphatic rings. The number of allylic oxidation sites excluding steroid dienone is 3. The quantitative estimate of drug-likeness (QED) is 0.568. The number of aliphatic imine (C=N–C) groups is 1. The third-order valence-corrected chi connectivity index (χ3v) is 2.86. The number of carbonyl (C=O) groups is 2. The van der Waals surface area contributed by atoms with Crippen LogP contribution in [0.2, 0.25) is 0 Å². The van der Waals surface area contributed by atoms with Crippen LogP contribution < -0.4 is 10.6 Å². The molecule has 0 spiro atoms. The molecule has 0 aromatic rings. The standard InChI is InChI=1S/C14H20N4O3/c1-5-7-11(15-8-6-2)17-12(19)14(3,4)18-10-21-9-16-13(18)20/h5-8H,1-2,9-10H2,3-4H3,(H,16,20)(H,17,19)/b11-7+,15-8-. The van der Waals surface area contributed by atoms with E-state index in [9.17, 15) is 9.59 Å². The zero-order valence-electron chi connectivity index (χ0n) is 12.3. The van der Waals surface area contributed by atoms with Crippen LogP contribution in [0.4, 0.5) is 4.79 Å². The summed E-state index contributed by atoms with van der Waals surface area (Å²) in [5.74, 6) is -0.0845. The van der Waals surface area contributed by atoms with Gasteiger partial charge in [-0.3, -0.25) is 9.69 Å². The van der Waals surface area contributed by atoms with E-state index in [-0.39, 0.29) is 19.5 Å². The monoisotopic (exact) mass is 292 g/mol. The fraction of sp³-hybridized carbons (Fsp3) is 0.357. The number of carbonyl (C=O) groups excluding carboxylic acids is 2. The van der Waals surface area contributed by atoms with Gasteiger partial charge in [0.05, 0.1) is 0 Å². The van der Waals surface area contributed by atoms with Crippen molar-refractivity contribution in [3.05, 3.63) is 37.2 Å². The molecule has 0 atom stereocenters. The summed E-state index contributed by atoms with van der Waals surface area (Å²) < 4.78 is 5.15. The Labute approximate surface area is 124 Å². The molecule has 114 valence electrons. The Morgan fingerprint density at radius 1 is 1.48 bits per heavy atom. The molecular weight excluding hydrogens is 272 g/mol. The molecule has 0 unspecified atom stereocenters. The van der Waals surface area contributed by atoms with Gasteiger partial charge in [-0.1, -0.05) is 25.3 Å². The van der Waals surface area contributed by atoms with Crippen LogP contribution >= 0.6 is 0 Å². The molecule has 0 bridgehead atoms.